The fourth-order valence-electron chi connectivity index (χ4n) is 4.25. The molecule has 0 bridgehead atoms. The van der Waals surface area contributed by atoms with Crippen LogP contribution in [-0.4, -0.2) is 68.5 Å². The number of likely N-dealkylation sites (N-methyl/N-ethyl adjacent to an activating group) is 1. The molecule has 0 saturated heterocycles. The van der Waals surface area contributed by atoms with Crippen LogP contribution in [0.5, 0.6) is 0 Å². The van der Waals surface area contributed by atoms with Crippen molar-refractivity contribution in [1.29, 1.82) is 0 Å². The summed E-state index contributed by atoms with van der Waals surface area (Å²) in [5, 5.41) is 23.9. The number of allylic oxidation sites excluding steroid dienone is 3. The normalized spacial score (nSPS) is 15.9. The van der Waals surface area contributed by atoms with Gasteiger partial charge in [0, 0.05) is 43.3 Å². The number of thioether (sulfide) groups is 1. The van der Waals surface area contributed by atoms with Crippen molar-refractivity contribution in [3.8, 4) is 0 Å². The highest BCUT2D eigenvalue weighted by Gasteiger charge is 2.20. The molecule has 1 aliphatic carbocycles. The summed E-state index contributed by atoms with van der Waals surface area (Å²) in [4.78, 5) is 43.2. The Kier molecular flexibility index (Phi) is 9.28. The first kappa shape index (κ1) is 28.6. The van der Waals surface area contributed by atoms with Gasteiger partial charge in [-0.1, -0.05) is 23.8 Å². The van der Waals surface area contributed by atoms with E-state index in [1.165, 1.54) is 30.2 Å². The molecule has 3 aromatic rings. The van der Waals surface area contributed by atoms with E-state index >= 15 is 0 Å². The molecule has 3 N–H and O–H groups in total. The minimum atomic E-state index is -1.07. The lowest BCUT2D eigenvalue weighted by molar-refractivity contribution is 0.0691. The number of carboxylic acid groups (broad SMARTS) is 1. The Morgan fingerprint density at radius 2 is 2.18 bits per heavy atom. The SMILES string of the molecule is CN(Cc1cc2c(=O)c(C(=O)NCC3C=CC(Cl)=CC3)cn(C)c2o1)CC(O)CSc1ncccc1C(=O)O. The molecule has 0 spiro atoms. The van der Waals surface area contributed by atoms with E-state index in [1.54, 1.807) is 36.9 Å². The summed E-state index contributed by atoms with van der Waals surface area (Å²) in [7, 11) is 3.50. The monoisotopic (exact) mass is 572 g/mol. The van der Waals surface area contributed by atoms with Gasteiger partial charge in [-0.3, -0.25) is 14.5 Å². The molecule has 0 fully saturated rings. The van der Waals surface area contributed by atoms with E-state index in [1.807, 2.05) is 17.1 Å². The number of hydrogen-bond acceptors (Lipinski definition) is 8. The number of carboxylic acids is 1. The molecule has 2 atom stereocenters. The van der Waals surface area contributed by atoms with E-state index < -0.39 is 23.4 Å². The first-order valence-electron chi connectivity index (χ1n) is 12.2. The van der Waals surface area contributed by atoms with Gasteiger partial charge in [0.15, 0.2) is 0 Å². The van der Waals surface area contributed by atoms with Gasteiger partial charge >= 0.3 is 5.97 Å². The summed E-state index contributed by atoms with van der Waals surface area (Å²) >= 11 is 7.11. The van der Waals surface area contributed by atoms with Gasteiger partial charge in [0.05, 0.1) is 23.6 Å². The molecule has 0 aromatic carbocycles. The first-order chi connectivity index (χ1) is 18.6. The number of fused-ring (bicyclic) bond motifs is 1. The third-order valence-electron chi connectivity index (χ3n) is 6.17. The highest BCUT2D eigenvalue weighted by atomic mass is 35.5. The largest absolute Gasteiger partial charge is 0.478 e. The standard InChI is InChI=1S/C27H29ClN4O6S/c1-31(12-18(33)15-39-25-20(27(36)37)4-3-9-29-25)13-19-10-21-23(34)22(14-32(2)26(21)38-19)24(35)30-11-16-5-7-17(28)8-6-16/h3-5,7-10,14,16,18,33H,6,11-13,15H2,1-2H3,(H,30,35)(H,36,37). The summed E-state index contributed by atoms with van der Waals surface area (Å²) < 4.78 is 7.51. The number of carbonyl (C=O) groups excluding carboxylic acids is 1. The predicted molar refractivity (Wildman–Crippen MR) is 149 cm³/mol. The average Bonchev–Trinajstić information content (AvgIpc) is 3.33. The fraction of sp³-hybridized carbons (Fsp3) is 0.333. The molecule has 0 radical (unpaired) electrons. The number of aliphatic hydroxyl groups excluding tert-OH is 1. The summed E-state index contributed by atoms with van der Waals surface area (Å²) in [5.41, 5.74) is 0.0538. The predicted octanol–water partition coefficient (Wildman–Crippen LogP) is 3.24. The molecule has 10 nitrogen and oxygen atoms in total. The van der Waals surface area contributed by atoms with Crippen LogP contribution in [0.2, 0.25) is 0 Å². The second-order valence-electron chi connectivity index (χ2n) is 9.39. The number of halogens is 1. The molecular weight excluding hydrogens is 544 g/mol. The van der Waals surface area contributed by atoms with E-state index in [2.05, 4.69) is 10.3 Å². The van der Waals surface area contributed by atoms with Crippen LogP contribution in [0, 0.1) is 5.92 Å². The van der Waals surface area contributed by atoms with Gasteiger partial charge in [0.2, 0.25) is 11.1 Å². The van der Waals surface area contributed by atoms with Crippen molar-refractivity contribution in [1.82, 2.24) is 19.8 Å². The van der Waals surface area contributed by atoms with E-state index in [0.717, 1.165) is 0 Å². The van der Waals surface area contributed by atoms with Crippen molar-refractivity contribution in [2.75, 3.05) is 25.9 Å². The molecule has 1 amide bonds. The summed E-state index contributed by atoms with van der Waals surface area (Å²) in [6.45, 7) is 0.974. The van der Waals surface area contributed by atoms with Crippen LogP contribution in [-0.2, 0) is 13.6 Å². The number of hydrogen-bond donors (Lipinski definition) is 3. The van der Waals surface area contributed by atoms with Gasteiger partial charge in [0.25, 0.3) is 5.91 Å². The molecular formula is C27H29ClN4O6S. The number of amides is 1. The summed E-state index contributed by atoms with van der Waals surface area (Å²) in [6, 6.07) is 4.65. The number of aromatic nitrogens is 2. The number of nitrogens with one attached hydrogen (secondary N) is 1. The molecule has 0 saturated carbocycles. The van der Waals surface area contributed by atoms with Gasteiger partial charge in [-0.2, -0.15) is 0 Å². The van der Waals surface area contributed by atoms with E-state index in [0.29, 0.717) is 46.4 Å². The first-order valence-corrected chi connectivity index (χ1v) is 13.6. The summed E-state index contributed by atoms with van der Waals surface area (Å²) in [6.07, 6.45) is 8.55. The Labute approximate surface area is 234 Å². The number of nitrogens with zero attached hydrogens (tertiary/aromatic N) is 3. The second-order valence-corrected chi connectivity index (χ2v) is 10.8. The average molecular weight is 573 g/mol. The van der Waals surface area contributed by atoms with Gasteiger partial charge in [0.1, 0.15) is 16.3 Å². The van der Waals surface area contributed by atoms with E-state index in [-0.39, 0.29) is 29.3 Å². The molecule has 3 heterocycles. The molecule has 206 valence electrons. The topological polar surface area (TPSA) is 138 Å². The van der Waals surface area contributed by atoms with Gasteiger partial charge < -0.3 is 24.5 Å². The maximum absolute atomic E-state index is 13.1. The van der Waals surface area contributed by atoms with Crippen LogP contribution < -0.4 is 10.7 Å². The van der Waals surface area contributed by atoms with Gasteiger partial charge in [-0.25, -0.2) is 9.78 Å². The number of aryl methyl sites for hydroxylation is 1. The highest BCUT2D eigenvalue weighted by molar-refractivity contribution is 7.99. The number of carbonyl (C=O) groups is 2. The van der Waals surface area contributed by atoms with Crippen molar-refractivity contribution in [3.63, 3.8) is 0 Å². The zero-order valence-electron chi connectivity index (χ0n) is 21.5. The molecule has 0 aliphatic heterocycles. The van der Waals surface area contributed by atoms with E-state index in [4.69, 9.17) is 16.0 Å². The zero-order chi connectivity index (χ0) is 28.1. The Morgan fingerprint density at radius 3 is 2.90 bits per heavy atom. The van der Waals surface area contributed by atoms with Crippen molar-refractivity contribution in [3.05, 3.63) is 81.0 Å². The zero-order valence-corrected chi connectivity index (χ0v) is 23.0. The van der Waals surface area contributed by atoms with Crippen molar-refractivity contribution in [2.24, 2.45) is 13.0 Å². The van der Waals surface area contributed by atoms with Gasteiger partial charge in [-0.15, -0.1) is 11.8 Å². The van der Waals surface area contributed by atoms with Crippen LogP contribution in [0.4, 0.5) is 0 Å². The van der Waals surface area contributed by atoms with Crippen LogP contribution in [0.15, 0.2) is 68.1 Å². The molecule has 4 rings (SSSR count). The highest BCUT2D eigenvalue weighted by Crippen LogP contribution is 2.22. The molecule has 39 heavy (non-hydrogen) atoms. The van der Waals surface area contributed by atoms with Crippen LogP contribution in [0.25, 0.3) is 11.1 Å². The minimum absolute atomic E-state index is 0.0294. The number of aliphatic hydroxyl groups is 1. The third-order valence-corrected chi connectivity index (χ3v) is 7.60. The summed E-state index contributed by atoms with van der Waals surface area (Å²) in [5.74, 6) is -0.660. The molecule has 3 aromatic heterocycles. The lowest BCUT2D eigenvalue weighted by atomic mass is 10.0. The van der Waals surface area contributed by atoms with Crippen LogP contribution >= 0.6 is 23.4 Å². The van der Waals surface area contributed by atoms with Crippen LogP contribution in [0.3, 0.4) is 0 Å². The van der Waals surface area contributed by atoms with Crippen molar-refractivity contribution in [2.45, 2.75) is 24.1 Å². The lowest BCUT2D eigenvalue weighted by Crippen LogP contribution is -2.33. The van der Waals surface area contributed by atoms with Crippen molar-refractivity contribution >= 4 is 46.3 Å². The van der Waals surface area contributed by atoms with Crippen LogP contribution in [0.1, 0.15) is 32.9 Å². The van der Waals surface area contributed by atoms with Crippen molar-refractivity contribution < 1.29 is 24.2 Å². The fourth-order valence-corrected chi connectivity index (χ4v) is 5.31. The number of aromatic carboxylic acids is 1. The smallest absolute Gasteiger partial charge is 0.338 e. The lowest BCUT2D eigenvalue weighted by Gasteiger charge is -2.19. The Balaban J connectivity index is 1.37. The maximum atomic E-state index is 13.1. The molecule has 12 heteroatoms. The number of pyridine rings is 2. The maximum Gasteiger partial charge on any atom is 0.338 e. The third kappa shape index (κ3) is 7.18. The number of furan rings is 1. The minimum Gasteiger partial charge on any atom is -0.478 e. The second kappa shape index (κ2) is 12.6. The Morgan fingerprint density at radius 1 is 1.38 bits per heavy atom. The molecule has 2 unspecified atom stereocenters. The Bertz CT molecular complexity index is 1500. The number of rotatable bonds is 11. The molecule has 1 aliphatic rings. The Hall–Kier alpha value is -3.38. The van der Waals surface area contributed by atoms with Gasteiger partial charge in [-0.05, 0) is 43.7 Å². The van der Waals surface area contributed by atoms with E-state index in [9.17, 15) is 24.6 Å². The quantitative estimate of drug-likeness (QED) is 0.296.